The Balaban J connectivity index is 2.81. The number of para-hydroxylation sites is 1. The van der Waals surface area contributed by atoms with Crippen LogP contribution in [0.3, 0.4) is 0 Å². The van der Waals surface area contributed by atoms with E-state index in [2.05, 4.69) is 6.92 Å². The van der Waals surface area contributed by atoms with Gasteiger partial charge in [-0.25, -0.2) is 0 Å². The summed E-state index contributed by atoms with van der Waals surface area (Å²) in [5.74, 6) is -0.514. The van der Waals surface area contributed by atoms with Crippen molar-refractivity contribution in [1.29, 1.82) is 0 Å². The molecule has 1 aromatic rings. The number of hydrogen-bond donors (Lipinski definition) is 0. The van der Waals surface area contributed by atoms with Gasteiger partial charge in [-0.05, 0) is 37.7 Å². The lowest BCUT2D eigenvalue weighted by Crippen LogP contribution is -2.42. The fourth-order valence-corrected chi connectivity index (χ4v) is 3.17. The zero-order valence-corrected chi connectivity index (χ0v) is 16.6. The molecule has 0 fully saturated rings. The first kappa shape index (κ1) is 21.6. The minimum Gasteiger partial charge on any atom is -0.465 e. The molecule has 0 atom stereocenters. The maximum absolute atomic E-state index is 12.8. The number of thioether (sulfide) groups is 1. The summed E-state index contributed by atoms with van der Waals surface area (Å²) >= 11 is 1.50. The molecule has 0 amide bonds. The van der Waals surface area contributed by atoms with Gasteiger partial charge in [-0.1, -0.05) is 52.2 Å². The summed E-state index contributed by atoms with van der Waals surface area (Å²) in [7, 11) is 0. The van der Waals surface area contributed by atoms with Crippen molar-refractivity contribution in [3.8, 4) is 5.75 Å². The van der Waals surface area contributed by atoms with Crippen LogP contribution in [0.4, 0.5) is 0 Å². The average molecular weight is 367 g/mol. The first-order valence-electron chi connectivity index (χ1n) is 9.08. The summed E-state index contributed by atoms with van der Waals surface area (Å²) in [6, 6.07) is 7.34. The summed E-state index contributed by atoms with van der Waals surface area (Å²) in [6.07, 6.45) is 6.74. The highest BCUT2D eigenvalue weighted by molar-refractivity contribution is 7.98. The smallest absolute Gasteiger partial charge is 0.328 e. The minimum absolute atomic E-state index is 0.356. The van der Waals surface area contributed by atoms with Crippen LogP contribution in [0.5, 0.6) is 5.75 Å². The first-order chi connectivity index (χ1) is 12.1. The zero-order valence-electron chi connectivity index (χ0n) is 15.8. The number of benzene rings is 1. The van der Waals surface area contributed by atoms with E-state index in [1.54, 1.807) is 6.07 Å². The number of ether oxygens (including phenoxy) is 2. The van der Waals surface area contributed by atoms with Gasteiger partial charge in [-0.2, -0.15) is 0 Å². The molecular formula is C20H30O4S. The van der Waals surface area contributed by atoms with E-state index in [0.29, 0.717) is 25.2 Å². The number of unbranched alkanes of at least 4 members (excludes halogenated alkanes) is 3. The summed E-state index contributed by atoms with van der Waals surface area (Å²) in [5, 5.41) is 0. The molecule has 0 bridgehead atoms. The van der Waals surface area contributed by atoms with Gasteiger partial charge in [0.25, 0.3) is 0 Å². The molecule has 0 aliphatic rings. The van der Waals surface area contributed by atoms with Gasteiger partial charge in [-0.3, -0.25) is 9.59 Å². The van der Waals surface area contributed by atoms with Crippen LogP contribution in [-0.2, 0) is 14.3 Å². The van der Waals surface area contributed by atoms with Crippen LogP contribution in [0.1, 0.15) is 59.3 Å². The summed E-state index contributed by atoms with van der Waals surface area (Å²) < 4.78 is 11.0. The molecule has 0 aliphatic carbocycles. The van der Waals surface area contributed by atoms with Gasteiger partial charge >= 0.3 is 11.9 Å². The van der Waals surface area contributed by atoms with Crippen LogP contribution < -0.4 is 4.74 Å². The monoisotopic (exact) mass is 366 g/mol. The standard InChI is InChI=1S/C20H30O4S/c1-5-8-9-12-15-23-18(21)20(6-2,7-3)19(22)24-16-13-10-11-14-17(16)25-4/h10-11,13-14H,5-9,12,15H2,1-4H3. The Labute approximate surface area is 155 Å². The predicted molar refractivity (Wildman–Crippen MR) is 102 cm³/mol. The third-order valence-corrected chi connectivity index (χ3v) is 5.27. The van der Waals surface area contributed by atoms with Crippen molar-refractivity contribution in [3.63, 3.8) is 0 Å². The van der Waals surface area contributed by atoms with E-state index >= 15 is 0 Å². The molecule has 0 spiro atoms. The number of hydrogen-bond acceptors (Lipinski definition) is 5. The van der Waals surface area contributed by atoms with Crippen LogP contribution in [0.15, 0.2) is 29.2 Å². The lowest BCUT2D eigenvalue weighted by molar-refractivity contribution is -0.168. The molecular weight excluding hydrogens is 336 g/mol. The summed E-state index contributed by atoms with van der Waals surface area (Å²) in [4.78, 5) is 26.3. The highest BCUT2D eigenvalue weighted by atomic mass is 32.2. The Morgan fingerprint density at radius 1 is 1.00 bits per heavy atom. The van der Waals surface area contributed by atoms with E-state index < -0.39 is 17.4 Å². The molecule has 25 heavy (non-hydrogen) atoms. The van der Waals surface area contributed by atoms with Crippen molar-refractivity contribution in [1.82, 2.24) is 0 Å². The zero-order chi connectivity index (χ0) is 18.7. The van der Waals surface area contributed by atoms with Crippen molar-refractivity contribution >= 4 is 23.7 Å². The maximum atomic E-state index is 12.8. The predicted octanol–water partition coefficient (Wildman–Crippen LogP) is 5.24. The van der Waals surface area contributed by atoms with E-state index in [1.165, 1.54) is 11.8 Å². The highest BCUT2D eigenvalue weighted by Gasteiger charge is 2.46. The van der Waals surface area contributed by atoms with Gasteiger partial charge in [0.1, 0.15) is 5.75 Å². The SMILES string of the molecule is CCCCCCOC(=O)C(CC)(CC)C(=O)Oc1ccccc1SC. The van der Waals surface area contributed by atoms with E-state index in [1.807, 2.05) is 38.3 Å². The molecule has 1 aromatic carbocycles. The second-order valence-corrected chi connectivity index (χ2v) is 6.87. The largest absolute Gasteiger partial charge is 0.465 e. The molecule has 4 nitrogen and oxygen atoms in total. The number of carbonyl (C=O) groups is 2. The minimum atomic E-state index is -1.24. The Morgan fingerprint density at radius 2 is 1.68 bits per heavy atom. The topological polar surface area (TPSA) is 52.6 Å². The van der Waals surface area contributed by atoms with Gasteiger partial charge in [0.05, 0.1) is 6.61 Å². The molecule has 0 saturated carbocycles. The molecule has 140 valence electrons. The van der Waals surface area contributed by atoms with E-state index in [9.17, 15) is 9.59 Å². The average Bonchev–Trinajstić information content (AvgIpc) is 2.63. The van der Waals surface area contributed by atoms with Gasteiger partial charge in [0, 0.05) is 4.90 Å². The highest BCUT2D eigenvalue weighted by Crippen LogP contribution is 2.34. The van der Waals surface area contributed by atoms with Gasteiger partial charge < -0.3 is 9.47 Å². The molecule has 0 heterocycles. The third kappa shape index (κ3) is 5.77. The van der Waals surface area contributed by atoms with Gasteiger partial charge in [-0.15, -0.1) is 11.8 Å². The first-order valence-corrected chi connectivity index (χ1v) is 10.3. The fourth-order valence-electron chi connectivity index (χ4n) is 2.64. The normalized spacial score (nSPS) is 11.2. The van der Waals surface area contributed by atoms with E-state index in [-0.39, 0.29) is 0 Å². The van der Waals surface area contributed by atoms with E-state index in [0.717, 1.165) is 30.6 Å². The number of esters is 2. The maximum Gasteiger partial charge on any atom is 0.328 e. The number of carbonyl (C=O) groups excluding carboxylic acids is 2. The van der Waals surface area contributed by atoms with Gasteiger partial charge in [0.2, 0.25) is 0 Å². The Hall–Kier alpha value is -1.49. The number of rotatable bonds is 11. The fraction of sp³-hybridized carbons (Fsp3) is 0.600. The molecule has 1 rings (SSSR count). The van der Waals surface area contributed by atoms with E-state index in [4.69, 9.17) is 9.47 Å². The van der Waals surface area contributed by atoms with Crippen molar-refractivity contribution in [2.75, 3.05) is 12.9 Å². The molecule has 0 unspecified atom stereocenters. The molecule has 5 heteroatoms. The van der Waals surface area contributed by atoms with Crippen LogP contribution in [0, 0.1) is 5.41 Å². The van der Waals surface area contributed by atoms with Crippen molar-refractivity contribution in [2.45, 2.75) is 64.2 Å². The molecule has 0 radical (unpaired) electrons. The van der Waals surface area contributed by atoms with Crippen molar-refractivity contribution in [3.05, 3.63) is 24.3 Å². The van der Waals surface area contributed by atoms with Gasteiger partial charge in [0.15, 0.2) is 5.41 Å². The van der Waals surface area contributed by atoms with Crippen LogP contribution in [-0.4, -0.2) is 24.8 Å². The van der Waals surface area contributed by atoms with Crippen LogP contribution in [0.2, 0.25) is 0 Å². The molecule has 0 aromatic heterocycles. The molecule has 0 saturated heterocycles. The third-order valence-electron chi connectivity index (χ3n) is 4.49. The lowest BCUT2D eigenvalue weighted by Gasteiger charge is -2.27. The Bertz CT molecular complexity index is 552. The molecule has 0 aliphatic heterocycles. The second-order valence-electron chi connectivity index (χ2n) is 6.03. The second kappa shape index (κ2) is 11.2. The lowest BCUT2D eigenvalue weighted by atomic mass is 9.82. The Morgan fingerprint density at radius 3 is 2.28 bits per heavy atom. The van der Waals surface area contributed by atoms with Crippen molar-refractivity contribution in [2.24, 2.45) is 5.41 Å². The molecule has 0 N–H and O–H groups in total. The quantitative estimate of drug-likeness (QED) is 0.176. The Kier molecular flexibility index (Phi) is 9.65. The van der Waals surface area contributed by atoms with Crippen molar-refractivity contribution < 1.29 is 19.1 Å². The van der Waals surface area contributed by atoms with Crippen LogP contribution >= 0.6 is 11.8 Å². The summed E-state index contributed by atoms with van der Waals surface area (Å²) in [6.45, 7) is 6.13. The van der Waals surface area contributed by atoms with Crippen LogP contribution in [0.25, 0.3) is 0 Å². The summed E-state index contributed by atoms with van der Waals surface area (Å²) in [5.41, 5.74) is -1.24.